The topological polar surface area (TPSA) is 65.7 Å². The largest absolute Gasteiger partial charge is 0.469 e. The van der Waals surface area contributed by atoms with Crippen LogP contribution in [-0.4, -0.2) is 26.2 Å². The second kappa shape index (κ2) is 7.26. The second-order valence-electron chi connectivity index (χ2n) is 4.50. The maximum absolute atomic E-state index is 11.3. The van der Waals surface area contributed by atoms with Gasteiger partial charge in [0.05, 0.1) is 19.8 Å². The fraction of sp³-hybridized carbons (Fsp3) is 0.176. The van der Waals surface area contributed by atoms with Gasteiger partial charge in [-0.25, -0.2) is 4.79 Å². The zero-order valence-corrected chi connectivity index (χ0v) is 12.4. The molecule has 0 radical (unpaired) electrons. The van der Waals surface area contributed by atoms with Crippen molar-refractivity contribution in [2.24, 2.45) is 0 Å². The zero-order chi connectivity index (χ0) is 15.9. The molecule has 1 aromatic heterocycles. The van der Waals surface area contributed by atoms with Gasteiger partial charge in [0, 0.05) is 0 Å². The van der Waals surface area contributed by atoms with Gasteiger partial charge < -0.3 is 13.9 Å². The van der Waals surface area contributed by atoms with E-state index in [1.54, 1.807) is 42.5 Å². The molecule has 0 atom stereocenters. The van der Waals surface area contributed by atoms with Crippen molar-refractivity contribution in [3.8, 4) is 0 Å². The molecule has 0 saturated heterocycles. The maximum atomic E-state index is 11.3. The maximum Gasteiger partial charge on any atom is 0.337 e. The average Bonchev–Trinajstić information content (AvgIpc) is 3.00. The molecular formula is C17H16O5. The summed E-state index contributed by atoms with van der Waals surface area (Å²) in [5, 5.41) is 0. The van der Waals surface area contributed by atoms with E-state index in [1.165, 1.54) is 14.2 Å². The molecule has 0 aliphatic rings. The van der Waals surface area contributed by atoms with Crippen molar-refractivity contribution in [1.82, 2.24) is 0 Å². The zero-order valence-electron chi connectivity index (χ0n) is 12.4. The Bertz CT molecular complexity index is 679. The van der Waals surface area contributed by atoms with Gasteiger partial charge >= 0.3 is 11.9 Å². The predicted octanol–water partition coefficient (Wildman–Crippen LogP) is 2.95. The van der Waals surface area contributed by atoms with Crippen molar-refractivity contribution in [2.75, 3.05) is 14.2 Å². The molecule has 22 heavy (non-hydrogen) atoms. The fourth-order valence-corrected chi connectivity index (χ4v) is 1.82. The standard InChI is InChI=1S/C17H16O5/c1-20-16(18)11-15-10-9-14(22-15)8-5-12-3-6-13(7-4-12)17(19)21-2/h3-10H,11H2,1-2H3/b8-5+. The Balaban J connectivity index is 2.02. The van der Waals surface area contributed by atoms with Gasteiger partial charge in [-0.2, -0.15) is 0 Å². The fourth-order valence-electron chi connectivity index (χ4n) is 1.82. The minimum atomic E-state index is -0.367. The highest BCUT2D eigenvalue weighted by Gasteiger charge is 2.06. The third-order valence-corrected chi connectivity index (χ3v) is 3.00. The first-order valence-electron chi connectivity index (χ1n) is 6.64. The molecule has 0 N–H and O–H groups in total. The summed E-state index contributed by atoms with van der Waals surface area (Å²) in [6.07, 6.45) is 3.74. The lowest BCUT2D eigenvalue weighted by molar-refractivity contribution is -0.140. The van der Waals surface area contributed by atoms with Crippen LogP contribution in [0.15, 0.2) is 40.8 Å². The van der Waals surface area contributed by atoms with Crippen LogP contribution in [0.3, 0.4) is 0 Å². The molecule has 114 valence electrons. The van der Waals surface area contributed by atoms with Crippen molar-refractivity contribution >= 4 is 24.1 Å². The van der Waals surface area contributed by atoms with E-state index in [9.17, 15) is 9.59 Å². The van der Waals surface area contributed by atoms with Crippen LogP contribution in [0.1, 0.15) is 27.4 Å². The first kappa shape index (κ1) is 15.6. The van der Waals surface area contributed by atoms with E-state index < -0.39 is 0 Å². The van der Waals surface area contributed by atoms with E-state index in [2.05, 4.69) is 9.47 Å². The molecule has 0 fully saturated rings. The molecule has 2 rings (SSSR count). The number of hydrogen-bond donors (Lipinski definition) is 0. The Morgan fingerprint density at radius 3 is 2.36 bits per heavy atom. The Morgan fingerprint density at radius 1 is 1.00 bits per heavy atom. The van der Waals surface area contributed by atoms with E-state index in [4.69, 9.17) is 4.42 Å². The molecule has 1 aromatic carbocycles. The highest BCUT2D eigenvalue weighted by Crippen LogP contribution is 2.14. The van der Waals surface area contributed by atoms with Crippen LogP contribution < -0.4 is 0 Å². The number of hydrogen-bond acceptors (Lipinski definition) is 5. The van der Waals surface area contributed by atoms with E-state index in [-0.39, 0.29) is 18.4 Å². The minimum absolute atomic E-state index is 0.109. The van der Waals surface area contributed by atoms with Crippen molar-refractivity contribution in [3.63, 3.8) is 0 Å². The van der Waals surface area contributed by atoms with Crippen molar-refractivity contribution in [1.29, 1.82) is 0 Å². The molecule has 5 nitrogen and oxygen atoms in total. The number of carbonyl (C=O) groups is 2. The average molecular weight is 300 g/mol. The first-order chi connectivity index (χ1) is 10.6. The molecule has 0 aliphatic heterocycles. The summed E-state index contributed by atoms with van der Waals surface area (Å²) in [6.45, 7) is 0. The molecule has 0 amide bonds. The normalized spacial score (nSPS) is 10.6. The minimum Gasteiger partial charge on any atom is -0.469 e. The van der Waals surface area contributed by atoms with Gasteiger partial charge in [-0.15, -0.1) is 0 Å². The van der Waals surface area contributed by atoms with E-state index in [0.29, 0.717) is 17.1 Å². The van der Waals surface area contributed by atoms with Gasteiger partial charge in [-0.1, -0.05) is 18.2 Å². The lowest BCUT2D eigenvalue weighted by Gasteiger charge is -1.99. The third kappa shape index (κ3) is 4.09. The van der Waals surface area contributed by atoms with E-state index >= 15 is 0 Å². The lowest BCUT2D eigenvalue weighted by atomic mass is 10.1. The number of methoxy groups -OCH3 is 2. The highest BCUT2D eigenvalue weighted by molar-refractivity contribution is 5.89. The van der Waals surface area contributed by atoms with Gasteiger partial charge in [0.1, 0.15) is 17.9 Å². The van der Waals surface area contributed by atoms with Crippen LogP contribution in [-0.2, 0) is 20.7 Å². The number of furan rings is 1. The molecule has 2 aromatic rings. The molecule has 0 spiro atoms. The van der Waals surface area contributed by atoms with Crippen LogP contribution in [0.25, 0.3) is 12.2 Å². The lowest BCUT2D eigenvalue weighted by Crippen LogP contribution is -2.03. The highest BCUT2D eigenvalue weighted by atomic mass is 16.5. The third-order valence-electron chi connectivity index (χ3n) is 3.00. The van der Waals surface area contributed by atoms with Crippen molar-refractivity contribution in [3.05, 3.63) is 59.0 Å². The molecule has 0 saturated carbocycles. The number of carbonyl (C=O) groups excluding carboxylic acids is 2. The van der Waals surface area contributed by atoms with Crippen LogP contribution in [0, 0.1) is 0 Å². The molecular weight excluding hydrogens is 284 g/mol. The monoisotopic (exact) mass is 300 g/mol. The number of esters is 2. The Kier molecular flexibility index (Phi) is 5.14. The van der Waals surface area contributed by atoms with Crippen molar-refractivity contribution < 1.29 is 23.5 Å². The summed E-state index contributed by atoms with van der Waals surface area (Å²) in [4.78, 5) is 22.5. The Hall–Kier alpha value is -2.82. The summed E-state index contributed by atoms with van der Waals surface area (Å²) in [5.41, 5.74) is 1.41. The molecule has 0 aliphatic carbocycles. The predicted molar refractivity (Wildman–Crippen MR) is 81.1 cm³/mol. The van der Waals surface area contributed by atoms with Gasteiger partial charge in [-0.3, -0.25) is 4.79 Å². The SMILES string of the molecule is COC(=O)Cc1ccc(/C=C/c2ccc(C(=O)OC)cc2)o1. The summed E-state index contributed by atoms with van der Waals surface area (Å²) in [7, 11) is 2.68. The van der Waals surface area contributed by atoms with E-state index in [0.717, 1.165) is 5.56 Å². The quantitative estimate of drug-likeness (QED) is 0.794. The molecule has 5 heteroatoms. The van der Waals surface area contributed by atoms with Crippen LogP contribution >= 0.6 is 0 Å². The smallest absolute Gasteiger partial charge is 0.337 e. The summed E-state index contributed by atoms with van der Waals surface area (Å²) in [5.74, 6) is 0.473. The molecule has 0 bridgehead atoms. The second-order valence-corrected chi connectivity index (χ2v) is 4.50. The molecule has 0 unspecified atom stereocenters. The number of benzene rings is 1. The van der Waals surface area contributed by atoms with Gasteiger partial charge in [0.2, 0.25) is 0 Å². The van der Waals surface area contributed by atoms with Crippen LogP contribution in [0.4, 0.5) is 0 Å². The summed E-state index contributed by atoms with van der Waals surface area (Å²) < 4.78 is 14.7. The van der Waals surface area contributed by atoms with E-state index in [1.807, 2.05) is 6.08 Å². The number of ether oxygens (including phenoxy) is 2. The van der Waals surface area contributed by atoms with Gasteiger partial charge in [0.25, 0.3) is 0 Å². The number of rotatable bonds is 5. The van der Waals surface area contributed by atoms with Gasteiger partial charge in [-0.05, 0) is 35.9 Å². The summed E-state index contributed by atoms with van der Waals surface area (Å²) in [6, 6.07) is 10.5. The summed E-state index contributed by atoms with van der Waals surface area (Å²) >= 11 is 0. The van der Waals surface area contributed by atoms with Crippen molar-refractivity contribution in [2.45, 2.75) is 6.42 Å². The molecule has 1 heterocycles. The first-order valence-corrected chi connectivity index (χ1v) is 6.64. The van der Waals surface area contributed by atoms with Crippen LogP contribution in [0.2, 0.25) is 0 Å². The van der Waals surface area contributed by atoms with Gasteiger partial charge in [0.15, 0.2) is 0 Å². The Morgan fingerprint density at radius 2 is 1.73 bits per heavy atom. The van der Waals surface area contributed by atoms with Crippen LogP contribution in [0.5, 0.6) is 0 Å². The Labute approximate surface area is 128 Å².